The normalized spacial score (nSPS) is 17.0. The van der Waals surface area contributed by atoms with Crippen LogP contribution in [0.5, 0.6) is 0 Å². The number of anilines is 1. The first-order valence-electron chi connectivity index (χ1n) is 9.80. The van der Waals surface area contributed by atoms with Crippen molar-refractivity contribution in [2.24, 2.45) is 0 Å². The van der Waals surface area contributed by atoms with E-state index in [0.717, 1.165) is 23.4 Å². The summed E-state index contributed by atoms with van der Waals surface area (Å²) in [7, 11) is -3.79. The van der Waals surface area contributed by atoms with Crippen molar-refractivity contribution in [3.8, 4) is 0 Å². The predicted octanol–water partition coefficient (Wildman–Crippen LogP) is 4.27. The molecule has 1 atom stereocenters. The molecule has 1 fully saturated rings. The summed E-state index contributed by atoms with van der Waals surface area (Å²) in [4.78, 5) is 19.3. The van der Waals surface area contributed by atoms with Gasteiger partial charge in [-0.05, 0) is 50.1 Å². The molecule has 0 bridgehead atoms. The molecule has 30 heavy (non-hydrogen) atoms. The van der Waals surface area contributed by atoms with Crippen LogP contribution in [0.4, 0.5) is 5.69 Å². The molecule has 0 spiro atoms. The summed E-state index contributed by atoms with van der Waals surface area (Å²) in [6, 6.07) is 13.3. The number of carbonyl (C=O) groups is 1. The van der Waals surface area contributed by atoms with E-state index in [0.29, 0.717) is 24.3 Å². The van der Waals surface area contributed by atoms with Gasteiger partial charge in [-0.15, -0.1) is 11.3 Å². The summed E-state index contributed by atoms with van der Waals surface area (Å²) in [6.07, 6.45) is 3.70. The van der Waals surface area contributed by atoms with Crippen molar-refractivity contribution in [3.63, 3.8) is 0 Å². The van der Waals surface area contributed by atoms with E-state index in [1.54, 1.807) is 46.7 Å². The van der Waals surface area contributed by atoms with Crippen LogP contribution < -0.4 is 4.72 Å². The number of hydrogen-bond acceptors (Lipinski definition) is 5. The van der Waals surface area contributed by atoms with Gasteiger partial charge >= 0.3 is 0 Å². The Bertz CT molecular complexity index is 1130. The van der Waals surface area contributed by atoms with Gasteiger partial charge in [0.25, 0.3) is 15.9 Å². The summed E-state index contributed by atoms with van der Waals surface area (Å²) >= 11 is 1.61. The van der Waals surface area contributed by atoms with E-state index >= 15 is 0 Å². The van der Waals surface area contributed by atoms with Crippen LogP contribution >= 0.6 is 11.3 Å². The number of benzene rings is 2. The average molecular weight is 442 g/mol. The van der Waals surface area contributed by atoms with E-state index in [2.05, 4.69) is 9.71 Å². The van der Waals surface area contributed by atoms with Gasteiger partial charge in [-0.3, -0.25) is 9.52 Å². The Kier molecular flexibility index (Phi) is 5.87. The van der Waals surface area contributed by atoms with E-state index in [4.69, 9.17) is 0 Å². The number of amides is 1. The Labute approximate surface area is 180 Å². The van der Waals surface area contributed by atoms with Gasteiger partial charge in [0.05, 0.1) is 9.90 Å². The summed E-state index contributed by atoms with van der Waals surface area (Å²) < 4.78 is 28.2. The fourth-order valence-corrected chi connectivity index (χ4v) is 5.49. The maximum Gasteiger partial charge on any atom is 0.261 e. The molecular weight excluding hydrogens is 418 g/mol. The molecule has 1 aromatic heterocycles. The molecule has 1 aliphatic heterocycles. The highest BCUT2D eigenvalue weighted by Gasteiger charge is 2.27. The van der Waals surface area contributed by atoms with E-state index in [-0.39, 0.29) is 16.7 Å². The lowest BCUT2D eigenvalue weighted by atomic mass is 9.98. The number of sulfonamides is 1. The lowest BCUT2D eigenvalue weighted by molar-refractivity contribution is 0.0707. The number of aromatic nitrogens is 1. The number of nitrogens with one attached hydrogen (secondary N) is 1. The van der Waals surface area contributed by atoms with Crippen molar-refractivity contribution in [1.82, 2.24) is 9.88 Å². The first-order chi connectivity index (χ1) is 14.4. The SMILES string of the molecule is Cc1ccc(NS(=O)(=O)c2cccc(C(=O)N3CCCC(c4nccs4)C3)c2)cc1. The molecule has 156 valence electrons. The number of thiazole rings is 1. The minimum atomic E-state index is -3.79. The first kappa shape index (κ1) is 20.6. The zero-order chi connectivity index (χ0) is 21.1. The maximum atomic E-state index is 13.1. The predicted molar refractivity (Wildman–Crippen MR) is 118 cm³/mol. The van der Waals surface area contributed by atoms with Crippen LogP contribution in [-0.2, 0) is 10.0 Å². The number of piperidine rings is 1. The minimum Gasteiger partial charge on any atom is -0.338 e. The van der Waals surface area contributed by atoms with Crippen LogP contribution in [-0.4, -0.2) is 37.3 Å². The lowest BCUT2D eigenvalue weighted by Gasteiger charge is -2.32. The van der Waals surface area contributed by atoms with Gasteiger partial charge in [0.1, 0.15) is 0 Å². The summed E-state index contributed by atoms with van der Waals surface area (Å²) in [5.41, 5.74) is 1.91. The number of likely N-dealkylation sites (tertiary alicyclic amines) is 1. The zero-order valence-electron chi connectivity index (χ0n) is 16.6. The molecule has 1 amide bonds. The second kappa shape index (κ2) is 8.57. The minimum absolute atomic E-state index is 0.0717. The third-order valence-electron chi connectivity index (χ3n) is 5.20. The maximum absolute atomic E-state index is 13.1. The Morgan fingerprint density at radius 1 is 1.20 bits per heavy atom. The molecule has 0 saturated carbocycles. The van der Waals surface area contributed by atoms with E-state index in [1.807, 2.05) is 24.4 Å². The Morgan fingerprint density at radius 3 is 2.73 bits per heavy atom. The second-order valence-electron chi connectivity index (χ2n) is 7.46. The molecular formula is C22H23N3O3S2. The van der Waals surface area contributed by atoms with Crippen molar-refractivity contribution < 1.29 is 13.2 Å². The Hall–Kier alpha value is -2.71. The standard InChI is InChI=1S/C22H23N3O3S2/c1-16-7-9-19(10-8-16)24-30(27,28)20-6-2-4-17(14-20)22(26)25-12-3-5-18(15-25)21-23-11-13-29-21/h2,4,6-11,13-14,18,24H,3,5,12,15H2,1H3. The van der Waals surface area contributed by atoms with E-state index in [1.165, 1.54) is 12.1 Å². The molecule has 0 radical (unpaired) electrons. The quantitative estimate of drug-likeness (QED) is 0.641. The van der Waals surface area contributed by atoms with Crippen molar-refractivity contribution in [3.05, 3.63) is 76.2 Å². The molecule has 1 saturated heterocycles. The van der Waals surface area contributed by atoms with Crippen molar-refractivity contribution in [2.75, 3.05) is 17.8 Å². The third-order valence-corrected chi connectivity index (χ3v) is 7.52. The van der Waals surface area contributed by atoms with Crippen LogP contribution in [0, 0.1) is 6.92 Å². The number of rotatable bonds is 5. The highest BCUT2D eigenvalue weighted by atomic mass is 32.2. The Morgan fingerprint density at radius 2 is 2.00 bits per heavy atom. The molecule has 6 nitrogen and oxygen atoms in total. The van der Waals surface area contributed by atoms with Gasteiger partial charge in [-0.1, -0.05) is 23.8 Å². The zero-order valence-corrected chi connectivity index (χ0v) is 18.2. The van der Waals surface area contributed by atoms with Gasteiger partial charge in [-0.25, -0.2) is 13.4 Å². The third kappa shape index (κ3) is 4.55. The van der Waals surface area contributed by atoms with Crippen molar-refractivity contribution in [2.45, 2.75) is 30.6 Å². The van der Waals surface area contributed by atoms with Gasteiger partial charge in [-0.2, -0.15) is 0 Å². The first-order valence-corrected chi connectivity index (χ1v) is 12.2. The van der Waals surface area contributed by atoms with Gasteiger partial charge in [0, 0.05) is 41.8 Å². The fraction of sp³-hybridized carbons (Fsp3) is 0.273. The van der Waals surface area contributed by atoms with Crippen LogP contribution in [0.25, 0.3) is 0 Å². The molecule has 3 aromatic rings. The molecule has 2 heterocycles. The van der Waals surface area contributed by atoms with Gasteiger partial charge in [0.2, 0.25) is 0 Å². The molecule has 2 aromatic carbocycles. The van der Waals surface area contributed by atoms with Gasteiger partial charge in [0.15, 0.2) is 0 Å². The molecule has 1 unspecified atom stereocenters. The molecule has 0 aliphatic carbocycles. The monoisotopic (exact) mass is 441 g/mol. The number of carbonyl (C=O) groups excluding carboxylic acids is 1. The van der Waals surface area contributed by atoms with E-state index < -0.39 is 10.0 Å². The second-order valence-corrected chi connectivity index (χ2v) is 10.1. The Balaban J connectivity index is 1.52. The lowest BCUT2D eigenvalue weighted by Crippen LogP contribution is -2.39. The molecule has 8 heteroatoms. The fourth-order valence-electron chi connectivity index (χ4n) is 3.61. The highest BCUT2D eigenvalue weighted by molar-refractivity contribution is 7.92. The largest absolute Gasteiger partial charge is 0.338 e. The van der Waals surface area contributed by atoms with Crippen LogP contribution in [0.3, 0.4) is 0 Å². The van der Waals surface area contributed by atoms with Gasteiger partial charge < -0.3 is 4.90 Å². The van der Waals surface area contributed by atoms with E-state index in [9.17, 15) is 13.2 Å². The number of hydrogen-bond donors (Lipinski definition) is 1. The number of nitrogens with zero attached hydrogens (tertiary/aromatic N) is 2. The smallest absolute Gasteiger partial charge is 0.261 e. The number of aryl methyl sites for hydroxylation is 1. The van der Waals surface area contributed by atoms with Crippen molar-refractivity contribution >= 4 is 33.0 Å². The van der Waals surface area contributed by atoms with Crippen LogP contribution in [0.1, 0.15) is 39.7 Å². The van der Waals surface area contributed by atoms with Crippen molar-refractivity contribution in [1.29, 1.82) is 0 Å². The summed E-state index contributed by atoms with van der Waals surface area (Å²) in [6.45, 7) is 3.21. The molecule has 1 aliphatic rings. The summed E-state index contributed by atoms with van der Waals surface area (Å²) in [5, 5.41) is 3.00. The molecule has 1 N–H and O–H groups in total. The highest BCUT2D eigenvalue weighted by Crippen LogP contribution is 2.29. The average Bonchev–Trinajstić information content (AvgIpc) is 3.30. The van der Waals surface area contributed by atoms with Crippen LogP contribution in [0.2, 0.25) is 0 Å². The van der Waals surface area contributed by atoms with Crippen LogP contribution in [0.15, 0.2) is 65.0 Å². The topological polar surface area (TPSA) is 79.4 Å². The summed E-state index contributed by atoms with van der Waals surface area (Å²) in [5.74, 6) is 0.0847. The molecule has 4 rings (SSSR count).